The molecule has 1 N–H and O–H groups in total. The Labute approximate surface area is 133 Å². The first-order valence-electron chi connectivity index (χ1n) is 7.52. The van der Waals surface area contributed by atoms with Gasteiger partial charge in [-0.25, -0.2) is 8.42 Å². The SMILES string of the molecule is CN(C(=O)C(=O)NC(C)(C)CC(C)(C)C)C1CCS(=O)(=O)C1. The van der Waals surface area contributed by atoms with E-state index in [4.69, 9.17) is 0 Å². The Kier molecular flexibility index (Phi) is 5.32. The van der Waals surface area contributed by atoms with Crippen LogP contribution in [0.2, 0.25) is 0 Å². The molecule has 0 aromatic heterocycles. The van der Waals surface area contributed by atoms with Gasteiger partial charge in [-0.1, -0.05) is 20.8 Å². The molecule has 0 bridgehead atoms. The van der Waals surface area contributed by atoms with Crippen LogP contribution in [0.3, 0.4) is 0 Å². The molecule has 1 saturated heterocycles. The van der Waals surface area contributed by atoms with Crippen LogP contribution < -0.4 is 5.32 Å². The Morgan fingerprint density at radius 3 is 2.14 bits per heavy atom. The first kappa shape index (κ1) is 18.9. The van der Waals surface area contributed by atoms with Crippen LogP contribution in [0.5, 0.6) is 0 Å². The van der Waals surface area contributed by atoms with E-state index < -0.39 is 33.2 Å². The van der Waals surface area contributed by atoms with Crippen LogP contribution in [0, 0.1) is 5.41 Å². The molecule has 6 nitrogen and oxygen atoms in total. The topological polar surface area (TPSA) is 83.6 Å². The van der Waals surface area contributed by atoms with Crippen molar-refractivity contribution in [2.75, 3.05) is 18.6 Å². The summed E-state index contributed by atoms with van der Waals surface area (Å²) >= 11 is 0. The number of carbonyl (C=O) groups excluding carboxylic acids is 2. The highest BCUT2D eigenvalue weighted by molar-refractivity contribution is 7.91. The number of nitrogens with one attached hydrogen (secondary N) is 1. The Balaban J connectivity index is 2.67. The van der Waals surface area contributed by atoms with Crippen LogP contribution >= 0.6 is 0 Å². The van der Waals surface area contributed by atoms with Gasteiger partial charge in [0.25, 0.3) is 0 Å². The van der Waals surface area contributed by atoms with Gasteiger partial charge in [-0.2, -0.15) is 0 Å². The summed E-state index contributed by atoms with van der Waals surface area (Å²) in [6, 6.07) is -0.408. The molecule has 2 amide bonds. The molecule has 128 valence electrons. The molecule has 0 aliphatic carbocycles. The van der Waals surface area contributed by atoms with Crippen molar-refractivity contribution >= 4 is 21.7 Å². The van der Waals surface area contributed by atoms with E-state index in [1.807, 2.05) is 13.8 Å². The predicted octanol–water partition coefficient (Wildman–Crippen LogP) is 0.963. The van der Waals surface area contributed by atoms with E-state index in [-0.39, 0.29) is 16.9 Å². The van der Waals surface area contributed by atoms with Crippen LogP contribution in [0.25, 0.3) is 0 Å². The van der Waals surface area contributed by atoms with Crippen molar-refractivity contribution in [3.05, 3.63) is 0 Å². The number of sulfone groups is 1. The van der Waals surface area contributed by atoms with Crippen molar-refractivity contribution in [2.45, 2.75) is 59.0 Å². The molecular weight excluding hydrogens is 304 g/mol. The summed E-state index contributed by atoms with van der Waals surface area (Å²) in [5.41, 5.74) is -0.487. The van der Waals surface area contributed by atoms with Gasteiger partial charge in [0.15, 0.2) is 9.84 Å². The predicted molar refractivity (Wildman–Crippen MR) is 86.1 cm³/mol. The molecule has 1 rings (SSSR count). The smallest absolute Gasteiger partial charge is 0.311 e. The van der Waals surface area contributed by atoms with E-state index in [2.05, 4.69) is 26.1 Å². The number of amides is 2. The largest absolute Gasteiger partial charge is 0.343 e. The third kappa shape index (κ3) is 5.59. The first-order valence-corrected chi connectivity index (χ1v) is 9.34. The standard InChI is InChI=1S/C15H28N2O4S/c1-14(2,3)10-15(4,5)16-12(18)13(19)17(6)11-7-8-22(20,21)9-11/h11H,7-10H2,1-6H3,(H,16,18). The summed E-state index contributed by atoms with van der Waals surface area (Å²) in [5, 5.41) is 2.76. The van der Waals surface area contributed by atoms with E-state index in [1.54, 1.807) is 0 Å². The zero-order chi connectivity index (χ0) is 17.3. The van der Waals surface area contributed by atoms with Crippen molar-refractivity contribution in [3.63, 3.8) is 0 Å². The average molecular weight is 332 g/mol. The average Bonchev–Trinajstić information content (AvgIpc) is 2.63. The monoisotopic (exact) mass is 332 g/mol. The number of hydrogen-bond acceptors (Lipinski definition) is 4. The maximum Gasteiger partial charge on any atom is 0.311 e. The highest BCUT2D eigenvalue weighted by atomic mass is 32.2. The fraction of sp³-hybridized carbons (Fsp3) is 0.867. The van der Waals surface area contributed by atoms with E-state index in [9.17, 15) is 18.0 Å². The molecule has 0 radical (unpaired) electrons. The summed E-state index contributed by atoms with van der Waals surface area (Å²) in [5.74, 6) is -1.34. The maximum absolute atomic E-state index is 12.2. The molecule has 0 spiro atoms. The van der Waals surface area contributed by atoms with Crippen LogP contribution in [0.1, 0.15) is 47.5 Å². The van der Waals surface area contributed by atoms with Gasteiger partial charge in [-0.15, -0.1) is 0 Å². The Morgan fingerprint density at radius 1 is 1.18 bits per heavy atom. The lowest BCUT2D eigenvalue weighted by Gasteiger charge is -2.34. The van der Waals surface area contributed by atoms with Gasteiger partial charge >= 0.3 is 11.8 Å². The second kappa shape index (κ2) is 6.18. The Morgan fingerprint density at radius 2 is 1.73 bits per heavy atom. The van der Waals surface area contributed by atoms with Gasteiger partial charge in [0.1, 0.15) is 0 Å². The van der Waals surface area contributed by atoms with Gasteiger partial charge in [-0.05, 0) is 32.1 Å². The zero-order valence-electron chi connectivity index (χ0n) is 14.4. The van der Waals surface area contributed by atoms with Crippen molar-refractivity contribution < 1.29 is 18.0 Å². The van der Waals surface area contributed by atoms with Crippen LogP contribution in [-0.4, -0.2) is 55.3 Å². The minimum Gasteiger partial charge on any atom is -0.343 e. The normalized spacial score (nSPS) is 21.5. The molecule has 1 heterocycles. The zero-order valence-corrected chi connectivity index (χ0v) is 15.2. The Hall–Kier alpha value is -1.11. The van der Waals surface area contributed by atoms with Gasteiger partial charge in [0.05, 0.1) is 11.5 Å². The minimum absolute atomic E-state index is 0.0191. The molecule has 1 fully saturated rings. The lowest BCUT2D eigenvalue weighted by molar-refractivity contribution is -0.147. The summed E-state index contributed by atoms with van der Waals surface area (Å²) in [6.45, 7) is 9.96. The molecule has 1 atom stereocenters. The molecule has 1 aliphatic rings. The van der Waals surface area contributed by atoms with Crippen LogP contribution in [0.15, 0.2) is 0 Å². The minimum atomic E-state index is -3.08. The van der Waals surface area contributed by atoms with Gasteiger partial charge in [0.2, 0.25) is 0 Å². The summed E-state index contributed by atoms with van der Waals surface area (Å²) in [6.07, 6.45) is 1.11. The lowest BCUT2D eigenvalue weighted by Crippen LogP contribution is -2.53. The fourth-order valence-electron chi connectivity index (χ4n) is 3.14. The second-order valence-electron chi connectivity index (χ2n) is 8.05. The lowest BCUT2D eigenvalue weighted by atomic mass is 9.82. The highest BCUT2D eigenvalue weighted by Gasteiger charge is 2.36. The molecule has 7 heteroatoms. The van der Waals surface area contributed by atoms with Gasteiger partial charge in [-0.3, -0.25) is 9.59 Å². The van der Waals surface area contributed by atoms with Crippen molar-refractivity contribution in [1.29, 1.82) is 0 Å². The highest BCUT2D eigenvalue weighted by Crippen LogP contribution is 2.26. The molecular formula is C15H28N2O4S. The number of nitrogens with zero attached hydrogens (tertiary/aromatic N) is 1. The van der Waals surface area contributed by atoms with Crippen LogP contribution in [0.4, 0.5) is 0 Å². The van der Waals surface area contributed by atoms with Crippen molar-refractivity contribution in [2.24, 2.45) is 5.41 Å². The second-order valence-corrected chi connectivity index (χ2v) is 10.3. The Bertz CT molecular complexity index is 546. The van der Waals surface area contributed by atoms with Crippen molar-refractivity contribution in [3.8, 4) is 0 Å². The van der Waals surface area contributed by atoms with E-state index in [0.717, 1.165) is 6.42 Å². The summed E-state index contributed by atoms with van der Waals surface area (Å²) < 4.78 is 23.0. The molecule has 1 aliphatic heterocycles. The van der Waals surface area contributed by atoms with E-state index >= 15 is 0 Å². The van der Waals surface area contributed by atoms with Crippen LogP contribution in [-0.2, 0) is 19.4 Å². The molecule has 22 heavy (non-hydrogen) atoms. The fourth-order valence-corrected chi connectivity index (χ4v) is 4.91. The van der Waals surface area contributed by atoms with E-state index in [0.29, 0.717) is 6.42 Å². The summed E-state index contributed by atoms with van der Waals surface area (Å²) in [7, 11) is -1.59. The molecule has 0 aromatic carbocycles. The third-order valence-electron chi connectivity index (χ3n) is 3.69. The van der Waals surface area contributed by atoms with Crippen molar-refractivity contribution in [1.82, 2.24) is 10.2 Å². The maximum atomic E-state index is 12.2. The first-order chi connectivity index (χ1) is 9.72. The molecule has 0 aromatic rings. The third-order valence-corrected chi connectivity index (χ3v) is 5.45. The summed E-state index contributed by atoms with van der Waals surface area (Å²) in [4.78, 5) is 25.6. The van der Waals surface area contributed by atoms with E-state index in [1.165, 1.54) is 11.9 Å². The number of rotatable bonds is 3. The van der Waals surface area contributed by atoms with Gasteiger partial charge < -0.3 is 10.2 Å². The quantitative estimate of drug-likeness (QED) is 0.780. The number of carbonyl (C=O) groups is 2. The number of likely N-dealkylation sites (N-methyl/N-ethyl adjacent to an activating group) is 1. The molecule has 1 unspecified atom stereocenters. The molecule has 0 saturated carbocycles. The van der Waals surface area contributed by atoms with Gasteiger partial charge in [0, 0.05) is 18.6 Å². The number of hydrogen-bond donors (Lipinski definition) is 1.